The summed E-state index contributed by atoms with van der Waals surface area (Å²) >= 11 is 1.42. The number of aryl methyl sites for hydroxylation is 2. The van der Waals surface area contributed by atoms with Crippen molar-refractivity contribution in [3.05, 3.63) is 17.5 Å². The Labute approximate surface area is 152 Å². The van der Waals surface area contributed by atoms with Gasteiger partial charge in [-0.1, -0.05) is 31.0 Å². The Morgan fingerprint density at radius 3 is 2.84 bits per heavy atom. The van der Waals surface area contributed by atoms with E-state index in [4.69, 9.17) is 0 Å². The van der Waals surface area contributed by atoms with E-state index in [-0.39, 0.29) is 5.91 Å². The van der Waals surface area contributed by atoms with Gasteiger partial charge >= 0.3 is 0 Å². The first kappa shape index (κ1) is 16.8. The SMILES string of the molecule is Cc1cc(C)n2nc(SCC(=O)N3CC[C@@H]4CCCC[C@@H]4C3)nc2n1. The third-order valence-corrected chi connectivity index (χ3v) is 6.39. The summed E-state index contributed by atoms with van der Waals surface area (Å²) in [4.78, 5) is 23.5. The second-order valence-electron chi connectivity index (χ2n) is 7.37. The molecule has 134 valence electrons. The van der Waals surface area contributed by atoms with Crippen LogP contribution in [0.1, 0.15) is 43.5 Å². The fourth-order valence-corrected chi connectivity index (χ4v) is 4.97. The molecule has 1 aliphatic heterocycles. The standard InChI is InChI=1S/C18H25N5OS/c1-12-9-13(2)23-17(19-12)20-18(21-23)25-11-16(24)22-8-7-14-5-3-4-6-15(14)10-22/h9,14-15H,3-8,10-11H2,1-2H3/t14-,15+/m0/s1. The number of thioether (sulfide) groups is 1. The molecule has 25 heavy (non-hydrogen) atoms. The van der Waals surface area contributed by atoms with E-state index < -0.39 is 0 Å². The van der Waals surface area contributed by atoms with Gasteiger partial charge in [0.1, 0.15) is 0 Å². The number of fused-ring (bicyclic) bond motifs is 2. The van der Waals surface area contributed by atoms with Crippen LogP contribution in [-0.2, 0) is 4.79 Å². The Hall–Kier alpha value is -1.63. The Bertz CT molecular complexity index is 789. The average molecular weight is 359 g/mol. The summed E-state index contributed by atoms with van der Waals surface area (Å²) in [6.07, 6.45) is 6.53. The lowest BCUT2D eigenvalue weighted by molar-refractivity contribution is -0.131. The molecule has 0 N–H and O–H groups in total. The fraction of sp³-hybridized carbons (Fsp3) is 0.667. The maximum Gasteiger partial charge on any atom is 0.253 e. The van der Waals surface area contributed by atoms with Crippen molar-refractivity contribution in [2.24, 2.45) is 11.8 Å². The lowest BCUT2D eigenvalue weighted by Crippen LogP contribution is -2.45. The molecule has 0 aromatic carbocycles. The predicted octanol–water partition coefficient (Wildman–Crippen LogP) is 2.87. The second-order valence-corrected chi connectivity index (χ2v) is 8.31. The first-order valence-corrected chi connectivity index (χ1v) is 10.2. The van der Waals surface area contributed by atoms with E-state index >= 15 is 0 Å². The summed E-state index contributed by atoms with van der Waals surface area (Å²) in [6, 6.07) is 1.98. The summed E-state index contributed by atoms with van der Waals surface area (Å²) in [7, 11) is 0. The van der Waals surface area contributed by atoms with Crippen LogP contribution in [0.15, 0.2) is 11.2 Å². The van der Waals surface area contributed by atoms with Gasteiger partial charge in [0.2, 0.25) is 11.1 Å². The molecule has 1 saturated heterocycles. The van der Waals surface area contributed by atoms with E-state index in [1.54, 1.807) is 4.52 Å². The molecule has 3 heterocycles. The molecule has 4 rings (SSSR count). The van der Waals surface area contributed by atoms with Gasteiger partial charge in [-0.15, -0.1) is 5.10 Å². The van der Waals surface area contributed by atoms with Crippen LogP contribution in [0.2, 0.25) is 0 Å². The number of aromatic nitrogens is 4. The van der Waals surface area contributed by atoms with Crippen molar-refractivity contribution in [2.75, 3.05) is 18.8 Å². The summed E-state index contributed by atoms with van der Waals surface area (Å²) < 4.78 is 1.74. The van der Waals surface area contributed by atoms with Gasteiger partial charge in [0, 0.05) is 24.5 Å². The van der Waals surface area contributed by atoms with Gasteiger partial charge in [0.05, 0.1) is 5.75 Å². The maximum absolute atomic E-state index is 12.6. The van der Waals surface area contributed by atoms with Crippen molar-refractivity contribution < 1.29 is 4.79 Å². The number of hydrogen-bond acceptors (Lipinski definition) is 5. The molecule has 2 atom stereocenters. The van der Waals surface area contributed by atoms with E-state index in [0.717, 1.165) is 36.3 Å². The van der Waals surface area contributed by atoms with Crippen LogP contribution in [0.5, 0.6) is 0 Å². The average Bonchev–Trinajstić information content (AvgIpc) is 3.02. The lowest BCUT2D eigenvalue weighted by Gasteiger charge is -2.41. The van der Waals surface area contributed by atoms with Crippen molar-refractivity contribution in [3.63, 3.8) is 0 Å². The molecule has 1 aliphatic carbocycles. The van der Waals surface area contributed by atoms with Gasteiger partial charge in [-0.2, -0.15) is 4.98 Å². The zero-order valence-corrected chi connectivity index (χ0v) is 15.8. The molecule has 0 spiro atoms. The van der Waals surface area contributed by atoms with Gasteiger partial charge in [-0.25, -0.2) is 9.50 Å². The topological polar surface area (TPSA) is 63.4 Å². The van der Waals surface area contributed by atoms with Crippen LogP contribution in [0.25, 0.3) is 5.78 Å². The first-order chi connectivity index (χ1) is 12.1. The van der Waals surface area contributed by atoms with Gasteiger partial charge in [0.25, 0.3) is 5.78 Å². The van der Waals surface area contributed by atoms with Crippen LogP contribution in [0.4, 0.5) is 0 Å². The Morgan fingerprint density at radius 2 is 2.00 bits per heavy atom. The Balaban J connectivity index is 1.38. The van der Waals surface area contributed by atoms with E-state index in [2.05, 4.69) is 20.0 Å². The van der Waals surface area contributed by atoms with Crippen LogP contribution in [0.3, 0.4) is 0 Å². The van der Waals surface area contributed by atoms with E-state index in [1.807, 2.05) is 19.9 Å². The van der Waals surface area contributed by atoms with E-state index in [0.29, 0.717) is 16.7 Å². The molecule has 6 nitrogen and oxygen atoms in total. The van der Waals surface area contributed by atoms with Crippen LogP contribution in [0, 0.1) is 25.7 Å². The number of carbonyl (C=O) groups excluding carboxylic acids is 1. The quantitative estimate of drug-likeness (QED) is 0.789. The van der Waals surface area contributed by atoms with Crippen molar-refractivity contribution >= 4 is 23.4 Å². The third kappa shape index (κ3) is 3.52. The van der Waals surface area contributed by atoms with Crippen molar-refractivity contribution in [1.82, 2.24) is 24.5 Å². The lowest BCUT2D eigenvalue weighted by atomic mass is 9.75. The zero-order chi connectivity index (χ0) is 17.4. The van der Waals surface area contributed by atoms with E-state index in [9.17, 15) is 4.79 Å². The summed E-state index contributed by atoms with van der Waals surface area (Å²) in [5, 5.41) is 5.10. The highest BCUT2D eigenvalue weighted by molar-refractivity contribution is 7.99. The number of amides is 1. The van der Waals surface area contributed by atoms with Crippen LogP contribution < -0.4 is 0 Å². The molecular weight excluding hydrogens is 334 g/mol. The molecule has 0 bridgehead atoms. The minimum atomic E-state index is 0.216. The van der Waals surface area contributed by atoms with Crippen molar-refractivity contribution in [2.45, 2.75) is 51.1 Å². The Kier molecular flexibility index (Phi) is 4.67. The highest BCUT2D eigenvalue weighted by atomic mass is 32.2. The normalized spacial score (nSPS) is 23.7. The maximum atomic E-state index is 12.6. The van der Waals surface area contributed by atoms with E-state index in [1.165, 1.54) is 43.9 Å². The molecule has 2 aromatic heterocycles. The molecule has 7 heteroatoms. The van der Waals surface area contributed by atoms with Crippen LogP contribution in [-0.4, -0.2) is 49.2 Å². The minimum absolute atomic E-state index is 0.216. The molecule has 0 radical (unpaired) electrons. The molecule has 0 unspecified atom stereocenters. The molecule has 2 fully saturated rings. The van der Waals surface area contributed by atoms with Crippen LogP contribution >= 0.6 is 11.8 Å². The second kappa shape index (κ2) is 6.94. The number of hydrogen-bond donors (Lipinski definition) is 0. The minimum Gasteiger partial charge on any atom is -0.342 e. The molecule has 2 aliphatic rings. The fourth-order valence-electron chi connectivity index (χ4n) is 4.25. The van der Waals surface area contributed by atoms with Gasteiger partial charge in [-0.05, 0) is 44.6 Å². The zero-order valence-electron chi connectivity index (χ0n) is 14.9. The number of rotatable bonds is 3. The monoisotopic (exact) mass is 359 g/mol. The third-order valence-electron chi connectivity index (χ3n) is 5.57. The summed E-state index contributed by atoms with van der Waals surface area (Å²) in [5.74, 6) is 2.80. The smallest absolute Gasteiger partial charge is 0.253 e. The number of nitrogens with zero attached hydrogens (tertiary/aromatic N) is 5. The first-order valence-electron chi connectivity index (χ1n) is 9.22. The van der Waals surface area contributed by atoms with Gasteiger partial charge in [-0.3, -0.25) is 4.79 Å². The molecule has 1 amide bonds. The summed E-state index contributed by atoms with van der Waals surface area (Å²) in [5.41, 5.74) is 1.94. The highest BCUT2D eigenvalue weighted by Crippen LogP contribution is 2.36. The molecular formula is C18H25N5OS. The number of piperidine rings is 1. The summed E-state index contributed by atoms with van der Waals surface area (Å²) in [6.45, 7) is 5.80. The number of likely N-dealkylation sites (tertiary alicyclic amines) is 1. The van der Waals surface area contributed by atoms with Crippen molar-refractivity contribution in [3.8, 4) is 0 Å². The van der Waals surface area contributed by atoms with Crippen molar-refractivity contribution in [1.29, 1.82) is 0 Å². The molecule has 1 saturated carbocycles. The van der Waals surface area contributed by atoms with Gasteiger partial charge < -0.3 is 4.90 Å². The predicted molar refractivity (Wildman–Crippen MR) is 97.6 cm³/mol. The number of carbonyl (C=O) groups is 1. The largest absolute Gasteiger partial charge is 0.342 e. The van der Waals surface area contributed by atoms with Gasteiger partial charge in [0.15, 0.2) is 0 Å². The highest BCUT2D eigenvalue weighted by Gasteiger charge is 2.32. The Morgan fingerprint density at radius 1 is 1.20 bits per heavy atom. The molecule has 2 aromatic rings.